The second kappa shape index (κ2) is 10.7. The van der Waals surface area contributed by atoms with Crippen molar-refractivity contribution in [3.8, 4) is 11.8 Å². The average Bonchev–Trinajstić information content (AvgIpc) is 2.86. The van der Waals surface area contributed by atoms with Crippen molar-refractivity contribution in [3.63, 3.8) is 0 Å². The summed E-state index contributed by atoms with van der Waals surface area (Å²) in [6, 6.07) is 10.6. The van der Waals surface area contributed by atoms with Gasteiger partial charge < -0.3 is 4.74 Å². The summed E-state index contributed by atoms with van der Waals surface area (Å²) in [4.78, 5) is 42.3. The van der Waals surface area contributed by atoms with Gasteiger partial charge in [0, 0.05) is 5.56 Å². The normalized spacial score (nSPS) is 14.2. The first-order valence-electron chi connectivity index (χ1n) is 11.3. The van der Waals surface area contributed by atoms with E-state index in [1.807, 2.05) is 6.07 Å². The fraction of sp³-hybridized carbons (Fsp3) is 0.308. The molecule has 0 radical (unpaired) electrons. The summed E-state index contributed by atoms with van der Waals surface area (Å²) in [6.07, 6.45) is -0.233. The summed E-state index contributed by atoms with van der Waals surface area (Å²) in [6.45, 7) is 2.90. The van der Waals surface area contributed by atoms with Crippen molar-refractivity contribution in [2.45, 2.75) is 32.0 Å². The van der Waals surface area contributed by atoms with Crippen LogP contribution in [0.15, 0.2) is 53.6 Å². The van der Waals surface area contributed by atoms with Gasteiger partial charge >= 0.3 is 18.1 Å². The van der Waals surface area contributed by atoms with Crippen LogP contribution in [-0.4, -0.2) is 52.2 Å². The van der Waals surface area contributed by atoms with Crippen LogP contribution in [0.1, 0.15) is 40.7 Å². The number of fused-ring (bicyclic) bond motifs is 1. The molecule has 10 heteroatoms. The Morgan fingerprint density at radius 2 is 1.75 bits per heavy atom. The second-order valence-corrected chi connectivity index (χ2v) is 8.42. The number of halogens is 3. The Balaban J connectivity index is 1.47. The van der Waals surface area contributed by atoms with Crippen LogP contribution in [0.4, 0.5) is 13.2 Å². The third kappa shape index (κ3) is 6.17. The molecule has 0 aliphatic carbocycles. The Labute approximate surface area is 204 Å². The second-order valence-electron chi connectivity index (χ2n) is 8.42. The first-order valence-corrected chi connectivity index (χ1v) is 11.3. The molecule has 7 nitrogen and oxygen atoms in total. The molecule has 0 bridgehead atoms. The molecular weight excluding hydrogens is 475 g/mol. The van der Waals surface area contributed by atoms with E-state index >= 15 is 0 Å². The molecule has 3 aromatic rings. The number of hydrogen-bond acceptors (Lipinski definition) is 6. The molecule has 0 N–H and O–H groups in total. The predicted molar refractivity (Wildman–Crippen MR) is 125 cm³/mol. The number of piperidine rings is 1. The van der Waals surface area contributed by atoms with Crippen molar-refractivity contribution in [1.82, 2.24) is 14.5 Å². The zero-order valence-electron chi connectivity index (χ0n) is 19.2. The smallest absolute Gasteiger partial charge is 0.383 e. The van der Waals surface area contributed by atoms with Gasteiger partial charge in [-0.25, -0.2) is 14.6 Å². The van der Waals surface area contributed by atoms with Gasteiger partial charge in [0.2, 0.25) is 0 Å². The van der Waals surface area contributed by atoms with Crippen LogP contribution in [-0.2, 0) is 16.1 Å². The van der Waals surface area contributed by atoms with Crippen molar-refractivity contribution < 1.29 is 27.5 Å². The van der Waals surface area contributed by atoms with Gasteiger partial charge in [0.15, 0.2) is 0 Å². The lowest BCUT2D eigenvalue weighted by Crippen LogP contribution is -2.29. The summed E-state index contributed by atoms with van der Waals surface area (Å²) < 4.78 is 42.0. The zero-order valence-corrected chi connectivity index (χ0v) is 19.2. The number of carbonyl (C=O) groups is 2. The van der Waals surface area contributed by atoms with Crippen LogP contribution in [0.25, 0.3) is 10.9 Å². The molecule has 36 heavy (non-hydrogen) atoms. The number of aromatic nitrogens is 2. The van der Waals surface area contributed by atoms with Crippen molar-refractivity contribution >= 4 is 22.8 Å². The van der Waals surface area contributed by atoms with Gasteiger partial charge in [-0.2, -0.15) is 13.2 Å². The number of rotatable bonds is 4. The van der Waals surface area contributed by atoms with E-state index in [-0.39, 0.29) is 17.7 Å². The van der Waals surface area contributed by atoms with E-state index in [4.69, 9.17) is 0 Å². The number of carbonyl (C=O) groups excluding carboxylic acids is 2. The van der Waals surface area contributed by atoms with E-state index in [9.17, 15) is 27.6 Å². The molecule has 0 spiro atoms. The monoisotopic (exact) mass is 497 g/mol. The molecular formula is C26H22F3N3O4. The highest BCUT2D eigenvalue weighted by Gasteiger charge is 2.42. The van der Waals surface area contributed by atoms with E-state index in [1.54, 1.807) is 12.1 Å². The lowest BCUT2D eigenvalue weighted by atomic mass is 10.1. The first kappa shape index (κ1) is 25.1. The molecule has 1 aliphatic heterocycles. The predicted octanol–water partition coefficient (Wildman–Crippen LogP) is 3.53. The average molecular weight is 497 g/mol. The summed E-state index contributed by atoms with van der Waals surface area (Å²) >= 11 is 0. The van der Waals surface area contributed by atoms with E-state index in [0.717, 1.165) is 13.1 Å². The Hall–Kier alpha value is -3.97. The fourth-order valence-corrected chi connectivity index (χ4v) is 3.86. The summed E-state index contributed by atoms with van der Waals surface area (Å²) in [5.41, 5.74) is 1.33. The largest absolute Gasteiger partial charge is 0.491 e. The Morgan fingerprint density at radius 1 is 1.03 bits per heavy atom. The Kier molecular flexibility index (Phi) is 7.50. The van der Waals surface area contributed by atoms with Crippen molar-refractivity contribution in [3.05, 3.63) is 75.8 Å². The van der Waals surface area contributed by atoms with Crippen LogP contribution >= 0.6 is 0 Å². The van der Waals surface area contributed by atoms with Crippen molar-refractivity contribution in [1.29, 1.82) is 0 Å². The topological polar surface area (TPSA) is 81.5 Å². The molecule has 2 aromatic carbocycles. The van der Waals surface area contributed by atoms with Gasteiger partial charge in [-0.15, -0.1) is 0 Å². The lowest BCUT2D eigenvalue weighted by Gasteiger charge is -2.23. The van der Waals surface area contributed by atoms with Gasteiger partial charge in [-0.05, 0) is 61.8 Å². The van der Waals surface area contributed by atoms with E-state index in [0.29, 0.717) is 28.6 Å². The minimum Gasteiger partial charge on any atom is -0.383 e. The number of alkyl halides is 3. The molecule has 0 saturated carbocycles. The van der Waals surface area contributed by atoms with Gasteiger partial charge in [-0.1, -0.05) is 30.4 Å². The highest BCUT2D eigenvalue weighted by Crippen LogP contribution is 2.18. The van der Waals surface area contributed by atoms with Crippen LogP contribution in [0.5, 0.6) is 0 Å². The molecule has 0 unspecified atom stereocenters. The molecule has 1 fully saturated rings. The standard InChI is InChI=1S/C26H22F3N3O4/c27-26(28,29)25(35)36-24(34)20-9-6-19(7-10-20)16-32-17-30-22-11-8-18(15-21(22)23(32)33)5-4-14-31-12-2-1-3-13-31/h6-11,15,17H,1-3,12-14,16H2. The van der Waals surface area contributed by atoms with Crippen molar-refractivity contribution in [2.75, 3.05) is 19.6 Å². The number of hydrogen-bond donors (Lipinski definition) is 0. The third-order valence-electron chi connectivity index (χ3n) is 5.77. The molecule has 1 aliphatic rings. The number of ether oxygens (including phenoxy) is 1. The van der Waals surface area contributed by atoms with Gasteiger partial charge in [0.05, 0.1) is 35.9 Å². The van der Waals surface area contributed by atoms with Crippen LogP contribution in [0, 0.1) is 11.8 Å². The molecule has 186 valence electrons. The van der Waals surface area contributed by atoms with Gasteiger partial charge in [0.1, 0.15) is 0 Å². The molecule has 1 saturated heterocycles. The summed E-state index contributed by atoms with van der Waals surface area (Å²) in [7, 11) is 0. The zero-order chi connectivity index (χ0) is 25.7. The molecule has 0 amide bonds. The van der Waals surface area contributed by atoms with Crippen LogP contribution < -0.4 is 5.56 Å². The lowest BCUT2D eigenvalue weighted by molar-refractivity contribution is -0.193. The molecule has 0 atom stereocenters. The molecule has 2 heterocycles. The molecule has 4 rings (SSSR count). The van der Waals surface area contributed by atoms with Crippen molar-refractivity contribution in [2.24, 2.45) is 0 Å². The maximum atomic E-state index is 13.0. The minimum absolute atomic E-state index is 0.115. The van der Waals surface area contributed by atoms with E-state index < -0.39 is 18.1 Å². The number of nitrogens with zero attached hydrogens (tertiary/aromatic N) is 3. The number of likely N-dealkylation sites (tertiary alicyclic amines) is 1. The number of esters is 2. The Bertz CT molecular complexity index is 1400. The fourth-order valence-electron chi connectivity index (χ4n) is 3.86. The van der Waals surface area contributed by atoms with Gasteiger partial charge in [-0.3, -0.25) is 14.3 Å². The van der Waals surface area contributed by atoms with Crippen LogP contribution in [0.3, 0.4) is 0 Å². The maximum absolute atomic E-state index is 13.0. The number of benzene rings is 2. The van der Waals surface area contributed by atoms with Crippen LogP contribution in [0.2, 0.25) is 0 Å². The van der Waals surface area contributed by atoms with Gasteiger partial charge in [0.25, 0.3) is 5.56 Å². The maximum Gasteiger partial charge on any atom is 0.491 e. The summed E-state index contributed by atoms with van der Waals surface area (Å²) in [5, 5.41) is 0.410. The SMILES string of the molecule is O=C(OC(=O)C(F)(F)F)c1ccc(Cn2cnc3ccc(C#CCN4CCCCC4)cc3c2=O)cc1. The quantitative estimate of drug-likeness (QED) is 0.312. The third-order valence-corrected chi connectivity index (χ3v) is 5.77. The highest BCUT2D eigenvalue weighted by atomic mass is 19.4. The summed E-state index contributed by atoms with van der Waals surface area (Å²) in [5.74, 6) is 2.29. The first-order chi connectivity index (χ1) is 17.2. The highest BCUT2D eigenvalue weighted by molar-refractivity contribution is 5.98. The van der Waals surface area contributed by atoms with E-state index in [2.05, 4.69) is 26.5 Å². The minimum atomic E-state index is -5.27. The van der Waals surface area contributed by atoms with E-state index in [1.165, 1.54) is 54.4 Å². The molecule has 1 aromatic heterocycles. The Morgan fingerprint density at radius 3 is 2.44 bits per heavy atom.